The fourth-order valence-corrected chi connectivity index (χ4v) is 4.24. The standard InChI is InChI=1S/C24H32N4O2/c1-18(22-9-8-19(2)30-22)10-12-27-14-16-28(17-15-27)21-7-5-4-6-20(21)23(29)24-25-11-13-26(24)3/h4-9,11,13,18,23,29H,10,12,14-17H2,1-3H3/t18-,23+/m1/s1. The summed E-state index contributed by atoms with van der Waals surface area (Å²) in [6.07, 6.45) is 3.97. The van der Waals surface area contributed by atoms with Gasteiger partial charge in [0.2, 0.25) is 0 Å². The largest absolute Gasteiger partial charge is 0.466 e. The maximum absolute atomic E-state index is 11.0. The number of imidazole rings is 1. The highest BCUT2D eigenvalue weighted by atomic mass is 16.3. The number of rotatable bonds is 7. The third kappa shape index (κ3) is 4.45. The van der Waals surface area contributed by atoms with E-state index < -0.39 is 6.10 Å². The van der Waals surface area contributed by atoms with Gasteiger partial charge in [0.15, 0.2) is 0 Å². The highest BCUT2D eigenvalue weighted by Gasteiger charge is 2.24. The number of benzene rings is 1. The van der Waals surface area contributed by atoms with E-state index in [0.717, 1.165) is 61.9 Å². The summed E-state index contributed by atoms with van der Waals surface area (Å²) >= 11 is 0. The van der Waals surface area contributed by atoms with Gasteiger partial charge in [-0.1, -0.05) is 25.1 Å². The van der Waals surface area contributed by atoms with E-state index in [1.807, 2.05) is 49.0 Å². The highest BCUT2D eigenvalue weighted by Crippen LogP contribution is 2.31. The van der Waals surface area contributed by atoms with Crippen LogP contribution in [0.15, 0.2) is 53.2 Å². The van der Waals surface area contributed by atoms with Crippen molar-refractivity contribution in [1.82, 2.24) is 14.5 Å². The van der Waals surface area contributed by atoms with Gasteiger partial charge in [-0.15, -0.1) is 0 Å². The first-order valence-electron chi connectivity index (χ1n) is 10.8. The van der Waals surface area contributed by atoms with E-state index in [1.54, 1.807) is 6.20 Å². The summed E-state index contributed by atoms with van der Waals surface area (Å²) in [5, 5.41) is 11.0. The minimum absolute atomic E-state index is 0.436. The number of furan rings is 1. The Bertz CT molecular complexity index is 956. The van der Waals surface area contributed by atoms with Crippen molar-refractivity contribution < 1.29 is 9.52 Å². The number of hydrogen-bond acceptors (Lipinski definition) is 5. The van der Waals surface area contributed by atoms with Crippen molar-refractivity contribution >= 4 is 5.69 Å². The second-order valence-electron chi connectivity index (χ2n) is 8.32. The first-order chi connectivity index (χ1) is 14.5. The molecular formula is C24H32N4O2. The summed E-state index contributed by atoms with van der Waals surface area (Å²) in [6, 6.07) is 12.3. The van der Waals surface area contributed by atoms with Gasteiger partial charge in [0.25, 0.3) is 0 Å². The van der Waals surface area contributed by atoms with Crippen LogP contribution in [0, 0.1) is 6.92 Å². The maximum atomic E-state index is 11.0. The van der Waals surface area contributed by atoms with Gasteiger partial charge in [0, 0.05) is 62.8 Å². The van der Waals surface area contributed by atoms with E-state index in [-0.39, 0.29) is 0 Å². The van der Waals surface area contributed by atoms with E-state index >= 15 is 0 Å². The second-order valence-corrected chi connectivity index (χ2v) is 8.32. The van der Waals surface area contributed by atoms with Crippen LogP contribution in [0.1, 0.15) is 48.3 Å². The van der Waals surface area contributed by atoms with E-state index in [4.69, 9.17) is 4.42 Å². The van der Waals surface area contributed by atoms with Crippen molar-refractivity contribution in [3.63, 3.8) is 0 Å². The van der Waals surface area contributed by atoms with Crippen LogP contribution in [0.25, 0.3) is 0 Å². The van der Waals surface area contributed by atoms with E-state index in [9.17, 15) is 5.11 Å². The molecule has 0 radical (unpaired) electrons. The van der Waals surface area contributed by atoms with Crippen molar-refractivity contribution in [2.75, 3.05) is 37.6 Å². The minimum Gasteiger partial charge on any atom is -0.466 e. The molecule has 6 nitrogen and oxygen atoms in total. The molecule has 6 heteroatoms. The molecule has 30 heavy (non-hydrogen) atoms. The van der Waals surface area contributed by atoms with Crippen LogP contribution in [0.2, 0.25) is 0 Å². The molecule has 0 bridgehead atoms. The molecule has 0 spiro atoms. The summed E-state index contributed by atoms with van der Waals surface area (Å²) in [5.41, 5.74) is 2.02. The van der Waals surface area contributed by atoms with Gasteiger partial charge in [-0.25, -0.2) is 4.98 Å². The first-order valence-corrected chi connectivity index (χ1v) is 10.8. The lowest BCUT2D eigenvalue weighted by atomic mass is 10.0. The number of aliphatic hydroxyl groups excluding tert-OH is 1. The number of nitrogens with zero attached hydrogens (tertiary/aromatic N) is 4. The number of piperazine rings is 1. The number of para-hydroxylation sites is 1. The van der Waals surface area contributed by atoms with Gasteiger partial charge < -0.3 is 19.0 Å². The average molecular weight is 409 g/mol. The monoisotopic (exact) mass is 408 g/mol. The molecule has 2 atom stereocenters. The molecule has 1 N–H and O–H groups in total. The Morgan fingerprint density at radius 2 is 1.87 bits per heavy atom. The number of aromatic nitrogens is 2. The number of anilines is 1. The van der Waals surface area contributed by atoms with E-state index in [0.29, 0.717) is 11.7 Å². The van der Waals surface area contributed by atoms with Gasteiger partial charge in [0.05, 0.1) is 0 Å². The lowest BCUT2D eigenvalue weighted by Crippen LogP contribution is -2.47. The van der Waals surface area contributed by atoms with Crippen molar-refractivity contribution in [2.45, 2.75) is 32.3 Å². The maximum Gasteiger partial charge on any atom is 0.142 e. The van der Waals surface area contributed by atoms with Gasteiger partial charge in [-0.3, -0.25) is 4.90 Å². The van der Waals surface area contributed by atoms with E-state index in [1.165, 1.54) is 0 Å². The lowest BCUT2D eigenvalue weighted by molar-refractivity contribution is 0.205. The van der Waals surface area contributed by atoms with Crippen LogP contribution in [0.4, 0.5) is 5.69 Å². The Kier molecular flexibility index (Phi) is 6.25. The van der Waals surface area contributed by atoms with Crippen molar-refractivity contribution in [3.8, 4) is 0 Å². The predicted molar refractivity (Wildman–Crippen MR) is 119 cm³/mol. The SMILES string of the molecule is Cc1ccc([C@H](C)CCN2CCN(c3ccccc3[C@H](O)c3nccn3C)CC2)o1. The summed E-state index contributed by atoms with van der Waals surface area (Å²) in [7, 11) is 1.91. The van der Waals surface area contributed by atoms with Crippen LogP contribution in [0.5, 0.6) is 0 Å². The minimum atomic E-state index is -0.725. The number of aliphatic hydroxyl groups is 1. The molecule has 1 saturated heterocycles. The Hall–Kier alpha value is -2.57. The molecule has 1 aromatic carbocycles. The zero-order valence-corrected chi connectivity index (χ0v) is 18.2. The Morgan fingerprint density at radius 1 is 1.10 bits per heavy atom. The third-order valence-corrected chi connectivity index (χ3v) is 6.17. The third-order valence-electron chi connectivity index (χ3n) is 6.17. The summed E-state index contributed by atoms with van der Waals surface area (Å²) in [4.78, 5) is 9.25. The Morgan fingerprint density at radius 3 is 2.53 bits per heavy atom. The molecule has 0 saturated carbocycles. The molecule has 3 aromatic rings. The summed E-state index contributed by atoms with van der Waals surface area (Å²) < 4.78 is 7.65. The second kappa shape index (κ2) is 9.06. The van der Waals surface area contributed by atoms with Gasteiger partial charge in [0.1, 0.15) is 23.4 Å². The molecule has 4 rings (SSSR count). The van der Waals surface area contributed by atoms with Crippen LogP contribution < -0.4 is 4.90 Å². The Balaban J connectivity index is 1.36. The Labute approximate surface area is 178 Å². The molecule has 1 aliphatic heterocycles. The predicted octanol–water partition coefficient (Wildman–Crippen LogP) is 3.72. The zero-order chi connectivity index (χ0) is 21.1. The van der Waals surface area contributed by atoms with Crippen molar-refractivity contribution in [2.24, 2.45) is 7.05 Å². The fourth-order valence-electron chi connectivity index (χ4n) is 4.24. The van der Waals surface area contributed by atoms with Crippen LogP contribution in [0.3, 0.4) is 0 Å². The number of hydrogen-bond donors (Lipinski definition) is 1. The normalized spacial score (nSPS) is 17.3. The lowest BCUT2D eigenvalue weighted by Gasteiger charge is -2.37. The smallest absolute Gasteiger partial charge is 0.142 e. The molecule has 2 aromatic heterocycles. The van der Waals surface area contributed by atoms with Gasteiger partial charge in [-0.2, -0.15) is 0 Å². The topological polar surface area (TPSA) is 57.7 Å². The van der Waals surface area contributed by atoms with Gasteiger partial charge >= 0.3 is 0 Å². The fraction of sp³-hybridized carbons (Fsp3) is 0.458. The number of aryl methyl sites for hydroxylation is 2. The quantitative estimate of drug-likeness (QED) is 0.646. The highest BCUT2D eigenvalue weighted by molar-refractivity contribution is 5.56. The molecule has 0 aliphatic carbocycles. The molecule has 0 amide bonds. The van der Waals surface area contributed by atoms with Crippen LogP contribution in [-0.2, 0) is 7.05 Å². The van der Waals surface area contributed by atoms with Crippen molar-refractivity contribution in [3.05, 3.63) is 71.7 Å². The summed E-state index contributed by atoms with van der Waals surface area (Å²) in [5.74, 6) is 3.17. The molecule has 1 fully saturated rings. The molecule has 1 aliphatic rings. The first kappa shape index (κ1) is 20.7. The molecule has 160 valence electrons. The van der Waals surface area contributed by atoms with Crippen LogP contribution in [-0.4, -0.2) is 52.3 Å². The zero-order valence-electron chi connectivity index (χ0n) is 18.2. The van der Waals surface area contributed by atoms with Crippen LogP contribution >= 0.6 is 0 Å². The summed E-state index contributed by atoms with van der Waals surface area (Å²) in [6.45, 7) is 9.28. The van der Waals surface area contributed by atoms with Crippen molar-refractivity contribution in [1.29, 1.82) is 0 Å². The average Bonchev–Trinajstić information content (AvgIpc) is 3.40. The molecule has 0 unspecified atom stereocenters. The van der Waals surface area contributed by atoms with E-state index in [2.05, 4.69) is 33.8 Å². The molecular weight excluding hydrogens is 376 g/mol. The molecule has 3 heterocycles. The van der Waals surface area contributed by atoms with Gasteiger partial charge in [-0.05, 0) is 38.1 Å².